The summed E-state index contributed by atoms with van der Waals surface area (Å²) >= 11 is 0. The van der Waals surface area contributed by atoms with Crippen molar-refractivity contribution in [2.45, 2.75) is 26.2 Å². The molecule has 2 heteroatoms. The van der Waals surface area contributed by atoms with Gasteiger partial charge in [-0.2, -0.15) is 0 Å². The third-order valence-electron chi connectivity index (χ3n) is 11.2. The topological polar surface area (TPSA) is 16.4 Å². The minimum Gasteiger partial charge on any atom is -0.455 e. The lowest BCUT2D eigenvalue weighted by Crippen LogP contribution is -2.10. The van der Waals surface area contributed by atoms with Crippen LogP contribution in [-0.4, -0.2) is 0 Å². The van der Waals surface area contributed by atoms with Crippen LogP contribution in [0.4, 0.5) is 17.1 Å². The van der Waals surface area contributed by atoms with Crippen LogP contribution >= 0.6 is 0 Å². The monoisotopic (exact) mass is 719 g/mol. The van der Waals surface area contributed by atoms with Crippen LogP contribution in [0.3, 0.4) is 0 Å². The van der Waals surface area contributed by atoms with Crippen LogP contribution in [-0.2, 0) is 5.41 Å². The fourth-order valence-electron chi connectivity index (χ4n) is 8.31. The number of para-hydroxylation sites is 2. The van der Waals surface area contributed by atoms with Crippen molar-refractivity contribution in [1.29, 1.82) is 0 Å². The van der Waals surface area contributed by atoms with E-state index in [2.05, 4.69) is 220 Å². The van der Waals surface area contributed by atoms with Crippen LogP contribution in [0, 0.1) is 0 Å². The highest BCUT2D eigenvalue weighted by atomic mass is 16.3. The van der Waals surface area contributed by atoms with Crippen LogP contribution < -0.4 is 4.90 Å². The van der Waals surface area contributed by atoms with E-state index in [0.717, 1.165) is 50.1 Å². The highest BCUT2D eigenvalue weighted by molar-refractivity contribution is 6.10. The van der Waals surface area contributed by atoms with E-state index in [9.17, 15) is 0 Å². The Morgan fingerprint density at radius 3 is 1.52 bits per heavy atom. The van der Waals surface area contributed by atoms with Crippen molar-refractivity contribution in [3.05, 3.63) is 200 Å². The Labute approximate surface area is 327 Å². The molecular weight excluding hydrogens is 679 g/mol. The van der Waals surface area contributed by atoms with Gasteiger partial charge in [0.15, 0.2) is 0 Å². The van der Waals surface area contributed by atoms with Gasteiger partial charge in [0.2, 0.25) is 0 Å². The Balaban J connectivity index is 1.05. The van der Waals surface area contributed by atoms with E-state index < -0.39 is 0 Å². The molecule has 1 aromatic heterocycles. The lowest BCUT2D eigenvalue weighted by molar-refractivity contribution is 0.573. The number of hydrogen-bond acceptors (Lipinski definition) is 2. The first-order valence-electron chi connectivity index (χ1n) is 19.4. The van der Waals surface area contributed by atoms with Crippen molar-refractivity contribution in [3.8, 4) is 33.4 Å². The van der Waals surface area contributed by atoms with Crippen molar-refractivity contribution in [3.63, 3.8) is 0 Å². The average Bonchev–Trinajstić information content (AvgIpc) is 3.63. The van der Waals surface area contributed by atoms with E-state index in [1.165, 1.54) is 49.4 Å². The van der Waals surface area contributed by atoms with Crippen LogP contribution in [0.1, 0.15) is 26.3 Å². The number of rotatable bonds is 6. The summed E-state index contributed by atoms with van der Waals surface area (Å²) in [6, 6.07) is 70.2. The van der Waals surface area contributed by atoms with Gasteiger partial charge in [0.25, 0.3) is 0 Å². The third kappa shape index (κ3) is 5.91. The minimum atomic E-state index is -0.0284. The van der Waals surface area contributed by atoms with Gasteiger partial charge in [-0.3, -0.25) is 0 Å². The molecule has 0 N–H and O–H groups in total. The van der Waals surface area contributed by atoms with E-state index in [4.69, 9.17) is 4.42 Å². The van der Waals surface area contributed by atoms with Crippen molar-refractivity contribution in [2.75, 3.05) is 4.90 Å². The predicted octanol–water partition coefficient (Wildman–Crippen LogP) is 15.7. The van der Waals surface area contributed by atoms with Gasteiger partial charge >= 0.3 is 0 Å². The molecule has 2 nitrogen and oxygen atoms in total. The molecule has 0 radical (unpaired) electrons. The fraction of sp³-hybridized carbons (Fsp3) is 0.0741. The van der Waals surface area contributed by atoms with Gasteiger partial charge in [-0.1, -0.05) is 172 Å². The molecule has 10 rings (SSSR count). The molecule has 0 aliphatic heterocycles. The number of fused-ring (bicyclic) bond motifs is 5. The van der Waals surface area contributed by atoms with Crippen molar-refractivity contribution < 1.29 is 4.42 Å². The van der Waals surface area contributed by atoms with Crippen LogP contribution in [0.25, 0.3) is 76.9 Å². The van der Waals surface area contributed by atoms with E-state index in [0.29, 0.717) is 0 Å². The minimum absolute atomic E-state index is 0.0284. The zero-order valence-electron chi connectivity index (χ0n) is 31.8. The van der Waals surface area contributed by atoms with Crippen molar-refractivity contribution in [2.24, 2.45) is 0 Å². The molecule has 0 unspecified atom stereocenters. The van der Waals surface area contributed by atoms with E-state index >= 15 is 0 Å². The van der Waals surface area contributed by atoms with E-state index in [1.807, 2.05) is 0 Å². The highest BCUT2D eigenvalue weighted by Crippen LogP contribution is 2.42. The number of hydrogen-bond donors (Lipinski definition) is 0. The Bertz CT molecular complexity index is 3030. The maximum absolute atomic E-state index is 6.75. The Hall–Kier alpha value is -6.90. The van der Waals surface area contributed by atoms with Gasteiger partial charge in [0.05, 0.1) is 0 Å². The first kappa shape index (κ1) is 33.7. The van der Waals surface area contributed by atoms with E-state index in [1.54, 1.807) is 0 Å². The first-order chi connectivity index (χ1) is 27.4. The zero-order chi connectivity index (χ0) is 37.8. The lowest BCUT2D eigenvalue weighted by atomic mass is 9.86. The zero-order valence-corrected chi connectivity index (χ0v) is 31.8. The first-order valence-corrected chi connectivity index (χ1v) is 19.4. The Morgan fingerprint density at radius 1 is 0.357 bits per heavy atom. The molecule has 0 saturated heterocycles. The largest absolute Gasteiger partial charge is 0.455 e. The van der Waals surface area contributed by atoms with Gasteiger partial charge in [-0.05, 0) is 97.2 Å². The molecular formula is C54H41NO. The molecule has 1 heterocycles. The SMILES string of the molecule is CC(C)(C)c1cccc2c1oc1c(-c3ccc(N(c4ccc(-c5ccc6ccccc6c5)cc4)c4ccc(-c5cccc6ccccc56)cc4)cc3)cccc12. The normalized spacial score (nSPS) is 11.8. The van der Waals surface area contributed by atoms with Gasteiger partial charge in [-0.15, -0.1) is 0 Å². The second kappa shape index (κ2) is 13.4. The molecule has 56 heavy (non-hydrogen) atoms. The molecule has 0 aliphatic carbocycles. The van der Waals surface area contributed by atoms with Crippen LogP contribution in [0.5, 0.6) is 0 Å². The molecule has 0 saturated carbocycles. The molecule has 10 aromatic rings. The maximum Gasteiger partial charge on any atom is 0.143 e. The van der Waals surface area contributed by atoms with Gasteiger partial charge < -0.3 is 9.32 Å². The molecule has 0 bridgehead atoms. The number of furan rings is 1. The summed E-state index contributed by atoms with van der Waals surface area (Å²) in [5.41, 5.74) is 13.4. The Morgan fingerprint density at radius 2 is 0.839 bits per heavy atom. The smallest absolute Gasteiger partial charge is 0.143 e. The van der Waals surface area contributed by atoms with Crippen molar-refractivity contribution in [1.82, 2.24) is 0 Å². The molecule has 268 valence electrons. The highest BCUT2D eigenvalue weighted by Gasteiger charge is 2.22. The number of benzene rings is 9. The van der Waals surface area contributed by atoms with Crippen LogP contribution in [0.2, 0.25) is 0 Å². The molecule has 0 amide bonds. The lowest BCUT2D eigenvalue weighted by Gasteiger charge is -2.26. The summed E-state index contributed by atoms with van der Waals surface area (Å²) in [5.74, 6) is 0. The summed E-state index contributed by atoms with van der Waals surface area (Å²) in [6.45, 7) is 6.73. The van der Waals surface area contributed by atoms with E-state index in [-0.39, 0.29) is 5.41 Å². The summed E-state index contributed by atoms with van der Waals surface area (Å²) in [4.78, 5) is 2.35. The summed E-state index contributed by atoms with van der Waals surface area (Å²) < 4.78 is 6.75. The second-order valence-electron chi connectivity index (χ2n) is 15.8. The van der Waals surface area contributed by atoms with Crippen LogP contribution in [0.15, 0.2) is 199 Å². The quantitative estimate of drug-likeness (QED) is 0.170. The average molecular weight is 720 g/mol. The summed E-state index contributed by atoms with van der Waals surface area (Å²) in [5, 5.41) is 7.31. The van der Waals surface area contributed by atoms with Crippen molar-refractivity contribution >= 4 is 60.5 Å². The molecule has 0 fully saturated rings. The predicted molar refractivity (Wildman–Crippen MR) is 238 cm³/mol. The summed E-state index contributed by atoms with van der Waals surface area (Å²) in [6.07, 6.45) is 0. The number of nitrogens with zero attached hydrogens (tertiary/aromatic N) is 1. The third-order valence-corrected chi connectivity index (χ3v) is 11.2. The van der Waals surface area contributed by atoms with Gasteiger partial charge in [-0.25, -0.2) is 0 Å². The number of anilines is 3. The standard InChI is InChI=1S/C54H41NO/c1-54(2,3)51-20-10-19-50-49-18-9-17-48(52(49)56-53(50)51)40-27-33-45(34-28-40)55(43-29-23-37(24-30-43)42-22-21-36-11-4-5-13-41(36)35-42)44-31-25-39(26-32-44)47-16-8-14-38-12-6-7-15-46(38)47/h4-35H,1-3H3. The summed E-state index contributed by atoms with van der Waals surface area (Å²) in [7, 11) is 0. The molecule has 0 spiro atoms. The maximum atomic E-state index is 6.75. The van der Waals surface area contributed by atoms with Gasteiger partial charge in [0, 0.05) is 39.0 Å². The second-order valence-corrected chi connectivity index (χ2v) is 15.8. The molecule has 0 aliphatic rings. The molecule has 9 aromatic carbocycles. The fourth-order valence-corrected chi connectivity index (χ4v) is 8.31. The van der Waals surface area contributed by atoms with Gasteiger partial charge in [0.1, 0.15) is 11.2 Å². The molecule has 0 atom stereocenters. The Kier molecular flexibility index (Phi) is 8.08.